The Labute approximate surface area is 179 Å². The summed E-state index contributed by atoms with van der Waals surface area (Å²) < 4.78 is 13.3. The molecule has 30 heavy (non-hydrogen) atoms. The summed E-state index contributed by atoms with van der Waals surface area (Å²) in [7, 11) is 0. The van der Waals surface area contributed by atoms with Gasteiger partial charge in [0.05, 0.1) is 17.7 Å². The van der Waals surface area contributed by atoms with E-state index >= 15 is 0 Å². The zero-order valence-electron chi connectivity index (χ0n) is 16.7. The molecule has 7 heteroatoms. The highest BCUT2D eigenvalue weighted by Crippen LogP contribution is 2.39. The van der Waals surface area contributed by atoms with Gasteiger partial charge in [0.2, 0.25) is 0 Å². The van der Waals surface area contributed by atoms with Crippen LogP contribution in [0.5, 0.6) is 0 Å². The fourth-order valence-electron chi connectivity index (χ4n) is 3.98. The van der Waals surface area contributed by atoms with Crippen LogP contribution in [0.25, 0.3) is 0 Å². The Morgan fingerprint density at radius 2 is 2.00 bits per heavy atom. The molecule has 0 spiro atoms. The first-order valence-corrected chi connectivity index (χ1v) is 10.8. The highest BCUT2D eigenvalue weighted by atomic mass is 32.1. The Hall–Kier alpha value is -2.61. The van der Waals surface area contributed by atoms with Crippen LogP contribution in [-0.2, 0) is 6.54 Å². The number of benzene rings is 1. The van der Waals surface area contributed by atoms with Crippen LogP contribution in [0.2, 0.25) is 0 Å². The van der Waals surface area contributed by atoms with E-state index in [-0.39, 0.29) is 11.9 Å². The van der Waals surface area contributed by atoms with Gasteiger partial charge in [-0.05, 0) is 66.8 Å². The zero-order chi connectivity index (χ0) is 21.1. The Morgan fingerprint density at radius 3 is 2.67 bits per heavy atom. The highest BCUT2D eigenvalue weighted by Gasteiger charge is 2.46. The van der Waals surface area contributed by atoms with Crippen LogP contribution in [0, 0.1) is 5.82 Å². The van der Waals surface area contributed by atoms with E-state index in [4.69, 9.17) is 0 Å². The van der Waals surface area contributed by atoms with Gasteiger partial charge in [0.15, 0.2) is 0 Å². The average molecular weight is 426 g/mol. The Bertz CT molecular complexity index is 977. The van der Waals surface area contributed by atoms with Gasteiger partial charge in [0.1, 0.15) is 5.82 Å². The van der Waals surface area contributed by atoms with Crippen molar-refractivity contribution in [2.75, 3.05) is 6.54 Å². The number of rotatable bonds is 5. The second-order valence-corrected chi connectivity index (χ2v) is 8.83. The van der Waals surface area contributed by atoms with Gasteiger partial charge in [-0.3, -0.25) is 14.7 Å². The molecule has 1 aliphatic rings. The van der Waals surface area contributed by atoms with Gasteiger partial charge in [-0.15, -0.1) is 11.3 Å². The summed E-state index contributed by atoms with van der Waals surface area (Å²) in [5, 5.41) is 16.3. The van der Waals surface area contributed by atoms with Crippen molar-refractivity contribution in [3.05, 3.63) is 88.1 Å². The van der Waals surface area contributed by atoms with Gasteiger partial charge >= 0.3 is 0 Å². The van der Waals surface area contributed by atoms with E-state index in [1.54, 1.807) is 30.7 Å². The molecule has 0 bridgehead atoms. The lowest BCUT2D eigenvalue weighted by atomic mass is 9.81. The Balaban J connectivity index is 1.65. The molecule has 1 aliphatic heterocycles. The summed E-state index contributed by atoms with van der Waals surface area (Å²) in [4.78, 5) is 20.4. The van der Waals surface area contributed by atoms with E-state index in [0.29, 0.717) is 25.1 Å². The maximum atomic E-state index is 13.3. The topological polar surface area (TPSA) is 65.5 Å². The fraction of sp³-hybridized carbons (Fsp3) is 0.304. The monoisotopic (exact) mass is 425 g/mol. The molecule has 3 heterocycles. The standard InChI is InChI=1S/C23H24FN3O2S/c1-23(29)10-13-27(15-16-8-11-25-12-9-16)20(19-3-2-14-30-19)21(23)26-22(28)17-4-6-18(24)7-5-17/h2-9,11-12,14,20-21,29H,10,13,15H2,1H3,(H,26,28)/t20-,21-,23+/m0/s1. The van der Waals surface area contributed by atoms with Crippen LogP contribution in [0.4, 0.5) is 4.39 Å². The Kier molecular flexibility index (Phi) is 5.94. The first-order valence-electron chi connectivity index (χ1n) is 9.89. The van der Waals surface area contributed by atoms with E-state index in [2.05, 4.69) is 15.2 Å². The minimum absolute atomic E-state index is 0.189. The molecule has 0 radical (unpaired) electrons. The number of hydrogen-bond donors (Lipinski definition) is 2. The first kappa shape index (κ1) is 20.7. The largest absolute Gasteiger partial charge is 0.388 e. The third kappa shape index (κ3) is 4.43. The lowest BCUT2D eigenvalue weighted by molar-refractivity contribution is -0.0656. The van der Waals surface area contributed by atoms with E-state index in [1.807, 2.05) is 29.6 Å². The number of piperidine rings is 1. The number of aliphatic hydroxyl groups is 1. The van der Waals surface area contributed by atoms with Crippen molar-refractivity contribution in [3.8, 4) is 0 Å². The number of aromatic nitrogens is 1. The van der Waals surface area contributed by atoms with Crippen molar-refractivity contribution in [1.29, 1.82) is 0 Å². The fourth-order valence-corrected chi connectivity index (χ4v) is 4.88. The molecule has 5 nitrogen and oxygen atoms in total. The summed E-state index contributed by atoms with van der Waals surface area (Å²) >= 11 is 1.61. The SMILES string of the molecule is C[C@@]1(O)CCN(Cc2ccncc2)[C@@H](c2cccs2)[C@@H]1NC(=O)c1ccc(F)cc1. The van der Waals surface area contributed by atoms with Crippen LogP contribution in [0.1, 0.15) is 40.2 Å². The van der Waals surface area contributed by atoms with E-state index in [1.165, 1.54) is 24.3 Å². The van der Waals surface area contributed by atoms with Crippen LogP contribution >= 0.6 is 11.3 Å². The molecular formula is C23H24FN3O2S. The molecule has 1 saturated heterocycles. The molecule has 1 amide bonds. The molecule has 3 atom stereocenters. The van der Waals surface area contributed by atoms with Gasteiger partial charge in [-0.2, -0.15) is 0 Å². The van der Waals surface area contributed by atoms with Crippen molar-refractivity contribution in [2.45, 2.75) is 37.6 Å². The van der Waals surface area contributed by atoms with Crippen molar-refractivity contribution in [1.82, 2.24) is 15.2 Å². The number of carbonyl (C=O) groups excluding carboxylic acids is 1. The maximum Gasteiger partial charge on any atom is 0.251 e. The maximum absolute atomic E-state index is 13.3. The minimum Gasteiger partial charge on any atom is -0.388 e. The molecule has 0 saturated carbocycles. The highest BCUT2D eigenvalue weighted by molar-refractivity contribution is 7.10. The van der Waals surface area contributed by atoms with Crippen LogP contribution in [0.3, 0.4) is 0 Å². The number of hydrogen-bond acceptors (Lipinski definition) is 5. The van der Waals surface area contributed by atoms with E-state index in [9.17, 15) is 14.3 Å². The van der Waals surface area contributed by atoms with Crippen LogP contribution in [-0.4, -0.2) is 39.1 Å². The summed E-state index contributed by atoms with van der Waals surface area (Å²) in [6.45, 7) is 3.15. The summed E-state index contributed by atoms with van der Waals surface area (Å²) in [5.41, 5.74) is 0.402. The smallest absolute Gasteiger partial charge is 0.251 e. The molecule has 1 aromatic carbocycles. The summed E-state index contributed by atoms with van der Waals surface area (Å²) in [6.07, 6.45) is 4.06. The van der Waals surface area contributed by atoms with Gasteiger partial charge in [-0.25, -0.2) is 4.39 Å². The molecule has 1 fully saturated rings. The average Bonchev–Trinajstić information content (AvgIpc) is 3.26. The normalized spacial score (nSPS) is 24.5. The minimum atomic E-state index is -1.08. The number of nitrogens with one attached hydrogen (secondary N) is 1. The van der Waals surface area contributed by atoms with Crippen LogP contribution in [0.15, 0.2) is 66.3 Å². The zero-order valence-corrected chi connectivity index (χ0v) is 17.5. The van der Waals surface area contributed by atoms with E-state index < -0.39 is 17.5 Å². The van der Waals surface area contributed by atoms with Gasteiger partial charge in [0, 0.05) is 35.9 Å². The molecular weight excluding hydrogens is 401 g/mol. The van der Waals surface area contributed by atoms with E-state index in [0.717, 1.165) is 10.4 Å². The lowest BCUT2D eigenvalue weighted by Gasteiger charge is -2.48. The second kappa shape index (κ2) is 8.63. The van der Waals surface area contributed by atoms with Gasteiger partial charge < -0.3 is 10.4 Å². The Morgan fingerprint density at radius 1 is 1.27 bits per heavy atom. The van der Waals surface area contributed by atoms with Crippen molar-refractivity contribution < 1.29 is 14.3 Å². The van der Waals surface area contributed by atoms with Crippen molar-refractivity contribution >= 4 is 17.2 Å². The molecule has 2 aromatic heterocycles. The van der Waals surface area contributed by atoms with Gasteiger partial charge in [0.25, 0.3) is 5.91 Å². The second-order valence-electron chi connectivity index (χ2n) is 7.85. The summed E-state index contributed by atoms with van der Waals surface area (Å²) in [5.74, 6) is -0.719. The molecule has 0 aliphatic carbocycles. The third-order valence-electron chi connectivity index (χ3n) is 5.65. The van der Waals surface area contributed by atoms with Crippen molar-refractivity contribution in [3.63, 3.8) is 0 Å². The number of likely N-dealkylation sites (tertiary alicyclic amines) is 1. The number of nitrogens with zero attached hydrogens (tertiary/aromatic N) is 2. The quantitative estimate of drug-likeness (QED) is 0.653. The molecule has 2 N–H and O–H groups in total. The molecule has 0 unspecified atom stereocenters. The number of pyridine rings is 1. The number of amides is 1. The predicted molar refractivity (Wildman–Crippen MR) is 115 cm³/mol. The predicted octanol–water partition coefficient (Wildman–Crippen LogP) is 3.78. The molecule has 156 valence electrons. The van der Waals surface area contributed by atoms with Crippen molar-refractivity contribution in [2.24, 2.45) is 0 Å². The number of carbonyl (C=O) groups is 1. The number of thiophene rings is 1. The van der Waals surface area contributed by atoms with Gasteiger partial charge in [-0.1, -0.05) is 6.07 Å². The van der Waals surface area contributed by atoms with Crippen LogP contribution < -0.4 is 5.32 Å². The first-order chi connectivity index (χ1) is 14.4. The molecule has 3 aromatic rings. The molecule has 4 rings (SSSR count). The third-order valence-corrected chi connectivity index (χ3v) is 6.59. The number of halogens is 1. The lowest BCUT2D eigenvalue weighted by Crippen LogP contribution is -2.62. The summed E-state index contributed by atoms with van der Waals surface area (Å²) in [6, 6.07) is 12.7.